The number of hydrogen-bond acceptors (Lipinski definition) is 4. The average Bonchev–Trinajstić information content (AvgIpc) is 2.63. The molecule has 134 valence electrons. The van der Waals surface area contributed by atoms with Crippen molar-refractivity contribution in [2.75, 3.05) is 25.0 Å². The monoisotopic (exact) mass is 340 g/mol. The highest BCUT2D eigenvalue weighted by molar-refractivity contribution is 5.92. The number of benzene rings is 1. The highest BCUT2D eigenvalue weighted by Crippen LogP contribution is 2.13. The number of carbonyl (C=O) groups excluding carboxylic acids is 1. The van der Waals surface area contributed by atoms with Crippen LogP contribution in [0.15, 0.2) is 36.4 Å². The first kappa shape index (κ1) is 18.9. The Bertz CT molecular complexity index is 687. The topological polar surface area (TPSA) is 49.3 Å². The van der Waals surface area contributed by atoms with Crippen molar-refractivity contribution in [3.8, 4) is 0 Å². The summed E-state index contributed by atoms with van der Waals surface area (Å²) < 4.78 is 0. The molecule has 25 heavy (non-hydrogen) atoms. The van der Waals surface area contributed by atoms with Crippen molar-refractivity contribution in [1.29, 1.82) is 0 Å². The summed E-state index contributed by atoms with van der Waals surface area (Å²) in [5.74, 6) is 0.564. The minimum absolute atomic E-state index is 0.0537. The summed E-state index contributed by atoms with van der Waals surface area (Å²) >= 11 is 0. The number of aryl methyl sites for hydroxylation is 1. The van der Waals surface area contributed by atoms with E-state index in [1.165, 1.54) is 0 Å². The molecule has 2 rings (SSSR count). The molecule has 0 bridgehead atoms. The van der Waals surface area contributed by atoms with Gasteiger partial charge in [0, 0.05) is 32.4 Å². The van der Waals surface area contributed by atoms with E-state index >= 15 is 0 Å². The van der Waals surface area contributed by atoms with Gasteiger partial charge in [-0.25, -0.2) is 9.97 Å². The van der Waals surface area contributed by atoms with E-state index in [1.807, 2.05) is 61.0 Å². The van der Waals surface area contributed by atoms with Crippen molar-refractivity contribution >= 4 is 11.9 Å². The van der Waals surface area contributed by atoms with Gasteiger partial charge in [0.05, 0.1) is 0 Å². The lowest BCUT2D eigenvalue weighted by Gasteiger charge is -2.22. The Morgan fingerprint density at radius 2 is 1.84 bits per heavy atom. The van der Waals surface area contributed by atoms with E-state index in [4.69, 9.17) is 0 Å². The molecule has 5 nitrogen and oxygen atoms in total. The fourth-order valence-corrected chi connectivity index (χ4v) is 2.62. The lowest BCUT2D eigenvalue weighted by molar-refractivity contribution is 0.0746. The lowest BCUT2D eigenvalue weighted by Crippen LogP contribution is -2.32. The van der Waals surface area contributed by atoms with Crippen molar-refractivity contribution in [2.45, 2.75) is 40.2 Å². The van der Waals surface area contributed by atoms with Crippen molar-refractivity contribution in [2.24, 2.45) is 0 Å². The van der Waals surface area contributed by atoms with Gasteiger partial charge in [0.2, 0.25) is 5.95 Å². The zero-order valence-corrected chi connectivity index (χ0v) is 15.7. The van der Waals surface area contributed by atoms with Crippen LogP contribution in [0.3, 0.4) is 0 Å². The van der Waals surface area contributed by atoms with E-state index in [0.717, 1.165) is 30.6 Å². The second kappa shape index (κ2) is 9.16. The molecule has 0 aliphatic rings. The Hall–Kier alpha value is -2.43. The molecular weight excluding hydrogens is 312 g/mol. The van der Waals surface area contributed by atoms with Gasteiger partial charge in [-0.05, 0) is 31.9 Å². The molecule has 2 aromatic rings. The third kappa shape index (κ3) is 5.28. The number of nitrogens with zero attached hydrogens (tertiary/aromatic N) is 4. The molecule has 0 radical (unpaired) electrons. The van der Waals surface area contributed by atoms with Gasteiger partial charge >= 0.3 is 0 Å². The number of unbranched alkanes of at least 4 members (excludes halogenated alkanes) is 1. The molecule has 1 aromatic carbocycles. The summed E-state index contributed by atoms with van der Waals surface area (Å²) in [5, 5.41) is 0. The van der Waals surface area contributed by atoms with Gasteiger partial charge in [0.15, 0.2) is 0 Å². The molecule has 0 N–H and O–H groups in total. The van der Waals surface area contributed by atoms with E-state index in [-0.39, 0.29) is 5.91 Å². The Morgan fingerprint density at radius 3 is 2.48 bits per heavy atom. The minimum atomic E-state index is -0.0537. The third-order valence-corrected chi connectivity index (χ3v) is 4.14. The van der Waals surface area contributed by atoms with Gasteiger partial charge in [0.25, 0.3) is 5.91 Å². The quantitative estimate of drug-likeness (QED) is 0.735. The third-order valence-electron chi connectivity index (χ3n) is 4.14. The van der Waals surface area contributed by atoms with Crippen LogP contribution in [0, 0.1) is 6.92 Å². The highest BCUT2D eigenvalue weighted by Gasteiger charge is 2.18. The molecule has 0 atom stereocenters. The molecule has 0 saturated carbocycles. The molecule has 0 unspecified atom stereocenters. The molecule has 0 aliphatic carbocycles. The number of aromatic nitrogens is 2. The molecular formula is C20H28N4O. The molecule has 0 fully saturated rings. The van der Waals surface area contributed by atoms with Crippen LogP contribution in [-0.4, -0.2) is 40.9 Å². The van der Waals surface area contributed by atoms with Gasteiger partial charge in [-0.15, -0.1) is 0 Å². The summed E-state index contributed by atoms with van der Waals surface area (Å²) in [7, 11) is 1.97. The summed E-state index contributed by atoms with van der Waals surface area (Å²) in [6.45, 7) is 8.15. The standard InChI is InChI=1S/C20H28N4O/c1-5-7-13-23(4)20-21-16(3)14-18(22-20)19(25)24(6-2)15-17-11-9-8-10-12-17/h8-12,14H,5-7,13,15H2,1-4H3. The maximum Gasteiger partial charge on any atom is 0.272 e. The second-order valence-corrected chi connectivity index (χ2v) is 6.27. The predicted octanol–water partition coefficient (Wildman–Crippen LogP) is 3.68. The SMILES string of the molecule is CCCCN(C)c1nc(C)cc(C(=O)N(CC)Cc2ccccc2)n1. The minimum Gasteiger partial charge on any atom is -0.344 e. The smallest absolute Gasteiger partial charge is 0.272 e. The van der Waals surface area contributed by atoms with E-state index in [1.54, 1.807) is 6.07 Å². The van der Waals surface area contributed by atoms with Crippen molar-refractivity contribution in [1.82, 2.24) is 14.9 Å². The van der Waals surface area contributed by atoms with Crippen LogP contribution in [0.4, 0.5) is 5.95 Å². The van der Waals surface area contributed by atoms with E-state index in [0.29, 0.717) is 24.7 Å². The fraction of sp³-hybridized carbons (Fsp3) is 0.450. The molecule has 1 heterocycles. The van der Waals surface area contributed by atoms with Crippen LogP contribution >= 0.6 is 0 Å². The Labute approximate surface area is 150 Å². The predicted molar refractivity (Wildman–Crippen MR) is 102 cm³/mol. The first-order valence-electron chi connectivity index (χ1n) is 8.95. The molecule has 1 aromatic heterocycles. The van der Waals surface area contributed by atoms with Crippen LogP contribution in [0.2, 0.25) is 0 Å². The maximum absolute atomic E-state index is 12.9. The maximum atomic E-state index is 12.9. The number of rotatable bonds is 8. The van der Waals surface area contributed by atoms with Gasteiger partial charge < -0.3 is 9.80 Å². The summed E-state index contributed by atoms with van der Waals surface area (Å²) in [6.07, 6.45) is 2.19. The van der Waals surface area contributed by atoms with Gasteiger partial charge in [-0.2, -0.15) is 0 Å². The van der Waals surface area contributed by atoms with Gasteiger partial charge in [0.1, 0.15) is 5.69 Å². The zero-order chi connectivity index (χ0) is 18.2. The number of carbonyl (C=O) groups is 1. The molecule has 0 spiro atoms. The van der Waals surface area contributed by atoms with Crippen molar-refractivity contribution < 1.29 is 4.79 Å². The van der Waals surface area contributed by atoms with E-state index in [2.05, 4.69) is 16.9 Å². The second-order valence-electron chi connectivity index (χ2n) is 6.27. The van der Waals surface area contributed by atoms with Gasteiger partial charge in [-0.3, -0.25) is 4.79 Å². The summed E-state index contributed by atoms with van der Waals surface area (Å²) in [4.78, 5) is 25.8. The van der Waals surface area contributed by atoms with Gasteiger partial charge in [-0.1, -0.05) is 43.7 Å². The van der Waals surface area contributed by atoms with E-state index < -0.39 is 0 Å². The molecule has 0 saturated heterocycles. The Kier molecular flexibility index (Phi) is 6.92. The Balaban J connectivity index is 2.20. The van der Waals surface area contributed by atoms with Crippen LogP contribution < -0.4 is 4.90 Å². The zero-order valence-electron chi connectivity index (χ0n) is 15.7. The summed E-state index contributed by atoms with van der Waals surface area (Å²) in [6, 6.07) is 11.8. The number of amides is 1. The average molecular weight is 340 g/mol. The van der Waals surface area contributed by atoms with Crippen LogP contribution in [0.1, 0.15) is 48.4 Å². The summed E-state index contributed by atoms with van der Waals surface area (Å²) in [5.41, 5.74) is 2.39. The fourth-order valence-electron chi connectivity index (χ4n) is 2.62. The van der Waals surface area contributed by atoms with Crippen molar-refractivity contribution in [3.63, 3.8) is 0 Å². The molecule has 5 heteroatoms. The normalized spacial score (nSPS) is 10.6. The lowest BCUT2D eigenvalue weighted by atomic mass is 10.2. The van der Waals surface area contributed by atoms with Crippen molar-refractivity contribution in [3.05, 3.63) is 53.3 Å². The largest absolute Gasteiger partial charge is 0.344 e. The Morgan fingerprint density at radius 1 is 1.12 bits per heavy atom. The van der Waals surface area contributed by atoms with Crippen LogP contribution in [0.25, 0.3) is 0 Å². The number of hydrogen-bond donors (Lipinski definition) is 0. The number of anilines is 1. The molecule has 0 aliphatic heterocycles. The van der Waals surface area contributed by atoms with E-state index in [9.17, 15) is 4.79 Å². The van der Waals surface area contributed by atoms with Crippen LogP contribution in [-0.2, 0) is 6.54 Å². The first-order chi connectivity index (χ1) is 12.0. The molecule has 1 amide bonds. The first-order valence-corrected chi connectivity index (χ1v) is 8.95. The van der Waals surface area contributed by atoms with Crippen LogP contribution in [0.5, 0.6) is 0 Å². The highest BCUT2D eigenvalue weighted by atomic mass is 16.2.